The molecule has 2 N–H and O–H groups in total. The molecular weight excluding hydrogens is 260 g/mol. The fourth-order valence-electron chi connectivity index (χ4n) is 1.93. The number of aliphatic hydroxyl groups is 1. The van der Waals surface area contributed by atoms with Gasteiger partial charge >= 0.3 is 0 Å². The number of hydrogen-bond donors (Lipinski definition) is 2. The third-order valence-corrected chi connectivity index (χ3v) is 3.81. The molecule has 2 heterocycles. The maximum atomic E-state index is 12.2. The molecule has 0 aliphatic heterocycles. The molecule has 0 aliphatic rings. The van der Waals surface area contributed by atoms with E-state index in [1.54, 1.807) is 0 Å². The summed E-state index contributed by atoms with van der Waals surface area (Å²) in [7, 11) is 0. The van der Waals surface area contributed by atoms with Crippen molar-refractivity contribution in [1.29, 1.82) is 0 Å². The number of nitrogens with one attached hydrogen (secondary N) is 1. The van der Waals surface area contributed by atoms with Gasteiger partial charge in [0.2, 0.25) is 0 Å². The van der Waals surface area contributed by atoms with Crippen LogP contribution in [0.2, 0.25) is 0 Å². The number of aromatic nitrogens is 1. The Morgan fingerprint density at radius 2 is 2.21 bits per heavy atom. The lowest BCUT2D eigenvalue weighted by Gasteiger charge is -2.13. The van der Waals surface area contributed by atoms with E-state index >= 15 is 0 Å². The average molecular weight is 278 g/mol. The van der Waals surface area contributed by atoms with Gasteiger partial charge in [-0.05, 0) is 43.3 Å². The molecule has 0 aromatic carbocycles. The second kappa shape index (κ2) is 6.54. The lowest BCUT2D eigenvalue weighted by atomic mass is 10.2. The second-order valence-corrected chi connectivity index (χ2v) is 5.38. The van der Waals surface area contributed by atoms with Crippen LogP contribution in [0.3, 0.4) is 0 Å². The summed E-state index contributed by atoms with van der Waals surface area (Å²) < 4.78 is 1.93. The number of thiophene rings is 1. The third-order valence-electron chi connectivity index (χ3n) is 2.91. The van der Waals surface area contributed by atoms with Gasteiger partial charge in [-0.1, -0.05) is 0 Å². The summed E-state index contributed by atoms with van der Waals surface area (Å²) >= 11 is 1.44. The molecule has 0 aliphatic carbocycles. The fourth-order valence-corrected chi connectivity index (χ4v) is 2.72. The van der Waals surface area contributed by atoms with E-state index in [1.165, 1.54) is 11.3 Å². The molecule has 0 bridgehead atoms. The zero-order valence-electron chi connectivity index (χ0n) is 10.9. The van der Waals surface area contributed by atoms with E-state index in [1.807, 2.05) is 47.5 Å². The van der Waals surface area contributed by atoms with Crippen molar-refractivity contribution in [2.45, 2.75) is 25.8 Å². The first-order valence-corrected chi connectivity index (χ1v) is 7.23. The number of rotatable bonds is 6. The number of hydrogen-bond acceptors (Lipinski definition) is 3. The smallest absolute Gasteiger partial charge is 0.263 e. The van der Waals surface area contributed by atoms with Crippen molar-refractivity contribution in [3.05, 3.63) is 40.8 Å². The molecular formula is C14H18N2O2S. The number of carbonyl (C=O) groups is 1. The van der Waals surface area contributed by atoms with Gasteiger partial charge in [-0.25, -0.2) is 0 Å². The molecule has 2 rings (SSSR count). The molecule has 1 amide bonds. The van der Waals surface area contributed by atoms with Crippen LogP contribution >= 0.6 is 11.3 Å². The van der Waals surface area contributed by atoms with Crippen molar-refractivity contribution in [1.82, 2.24) is 9.88 Å². The fraction of sp³-hybridized carbons (Fsp3) is 0.357. The summed E-state index contributed by atoms with van der Waals surface area (Å²) in [6, 6.07) is 5.88. The van der Waals surface area contributed by atoms with Crippen molar-refractivity contribution >= 4 is 17.2 Å². The molecule has 0 radical (unpaired) electrons. The maximum absolute atomic E-state index is 12.2. The normalized spacial score (nSPS) is 12.3. The van der Waals surface area contributed by atoms with E-state index in [9.17, 15) is 4.79 Å². The Bertz CT molecular complexity index is 519. The van der Waals surface area contributed by atoms with Crippen molar-refractivity contribution in [3.63, 3.8) is 0 Å². The summed E-state index contributed by atoms with van der Waals surface area (Å²) in [6.07, 6.45) is 5.34. The molecule has 5 heteroatoms. The minimum atomic E-state index is -0.0517. The van der Waals surface area contributed by atoms with Crippen LogP contribution in [0.4, 0.5) is 0 Å². The molecule has 0 spiro atoms. The summed E-state index contributed by atoms with van der Waals surface area (Å²) in [5.74, 6) is -0.0517. The molecule has 102 valence electrons. The van der Waals surface area contributed by atoms with Crippen LogP contribution in [0.1, 0.15) is 29.4 Å². The quantitative estimate of drug-likeness (QED) is 0.852. The topological polar surface area (TPSA) is 54.3 Å². The van der Waals surface area contributed by atoms with Gasteiger partial charge in [-0.3, -0.25) is 4.79 Å². The number of aliphatic hydroxyl groups excluding tert-OH is 1. The third kappa shape index (κ3) is 3.45. The van der Waals surface area contributed by atoms with Crippen LogP contribution in [0.5, 0.6) is 0 Å². The van der Waals surface area contributed by atoms with Crippen LogP contribution in [-0.2, 0) is 0 Å². The molecule has 1 unspecified atom stereocenters. The number of amides is 1. The predicted molar refractivity (Wildman–Crippen MR) is 76.9 cm³/mol. The molecule has 0 saturated carbocycles. The van der Waals surface area contributed by atoms with Gasteiger partial charge in [-0.2, -0.15) is 0 Å². The highest BCUT2D eigenvalue weighted by atomic mass is 32.1. The SMILES string of the molecule is CC(CCCO)NC(=O)c1sccc1-n1cccc1. The highest BCUT2D eigenvalue weighted by Gasteiger charge is 2.15. The standard InChI is InChI=1S/C14H18N2O2S/c1-11(5-4-9-17)15-14(18)13-12(6-10-19-13)16-7-2-3-8-16/h2-3,6-8,10-11,17H,4-5,9H2,1H3,(H,15,18). The van der Waals surface area contributed by atoms with Gasteiger partial charge in [0.05, 0.1) is 5.69 Å². The van der Waals surface area contributed by atoms with Gasteiger partial charge in [0.25, 0.3) is 5.91 Å². The van der Waals surface area contributed by atoms with Crippen LogP contribution in [0, 0.1) is 0 Å². The summed E-state index contributed by atoms with van der Waals surface area (Å²) in [5, 5.41) is 13.7. The predicted octanol–water partition coefficient (Wildman–Crippen LogP) is 2.43. The van der Waals surface area contributed by atoms with E-state index in [4.69, 9.17) is 5.11 Å². The Labute approximate surface area is 116 Å². The number of nitrogens with zero attached hydrogens (tertiary/aromatic N) is 1. The monoisotopic (exact) mass is 278 g/mol. The Kier molecular flexibility index (Phi) is 4.76. The van der Waals surface area contributed by atoms with Crippen molar-refractivity contribution in [2.24, 2.45) is 0 Å². The first-order valence-electron chi connectivity index (χ1n) is 6.35. The van der Waals surface area contributed by atoms with E-state index in [-0.39, 0.29) is 18.6 Å². The summed E-state index contributed by atoms with van der Waals surface area (Å²) in [5.41, 5.74) is 0.904. The van der Waals surface area contributed by atoms with Crippen molar-refractivity contribution < 1.29 is 9.90 Å². The second-order valence-electron chi connectivity index (χ2n) is 4.47. The van der Waals surface area contributed by atoms with Gasteiger partial charge < -0.3 is 15.0 Å². The van der Waals surface area contributed by atoms with Gasteiger partial charge in [-0.15, -0.1) is 11.3 Å². The molecule has 2 aromatic rings. The molecule has 0 saturated heterocycles. The first-order chi connectivity index (χ1) is 9.22. The van der Waals surface area contributed by atoms with Crippen LogP contribution < -0.4 is 5.32 Å². The maximum Gasteiger partial charge on any atom is 0.263 e. The molecule has 1 atom stereocenters. The zero-order chi connectivity index (χ0) is 13.7. The van der Waals surface area contributed by atoms with E-state index in [2.05, 4.69) is 5.32 Å². The Morgan fingerprint density at radius 1 is 1.47 bits per heavy atom. The zero-order valence-corrected chi connectivity index (χ0v) is 11.7. The highest BCUT2D eigenvalue weighted by Crippen LogP contribution is 2.21. The van der Waals surface area contributed by atoms with Gasteiger partial charge in [0.15, 0.2) is 0 Å². The largest absolute Gasteiger partial charge is 0.396 e. The summed E-state index contributed by atoms with van der Waals surface area (Å²) in [4.78, 5) is 12.9. The molecule has 19 heavy (non-hydrogen) atoms. The van der Waals surface area contributed by atoms with Crippen molar-refractivity contribution in [3.8, 4) is 5.69 Å². The minimum absolute atomic E-state index is 0.0517. The molecule has 2 aromatic heterocycles. The van der Waals surface area contributed by atoms with Crippen LogP contribution in [0.15, 0.2) is 36.0 Å². The minimum Gasteiger partial charge on any atom is -0.396 e. The Morgan fingerprint density at radius 3 is 2.89 bits per heavy atom. The average Bonchev–Trinajstić information content (AvgIpc) is 3.05. The lowest BCUT2D eigenvalue weighted by molar-refractivity contribution is 0.0940. The van der Waals surface area contributed by atoms with Crippen molar-refractivity contribution in [2.75, 3.05) is 6.61 Å². The number of carbonyl (C=O) groups excluding carboxylic acids is 1. The van der Waals surface area contributed by atoms with Crippen LogP contribution in [0.25, 0.3) is 5.69 Å². The van der Waals surface area contributed by atoms with E-state index in [0.717, 1.165) is 12.1 Å². The molecule has 0 fully saturated rings. The highest BCUT2D eigenvalue weighted by molar-refractivity contribution is 7.12. The first kappa shape index (κ1) is 13.8. The Balaban J connectivity index is 2.06. The van der Waals surface area contributed by atoms with E-state index in [0.29, 0.717) is 11.3 Å². The van der Waals surface area contributed by atoms with E-state index < -0.39 is 0 Å². The lowest BCUT2D eigenvalue weighted by Crippen LogP contribution is -2.32. The van der Waals surface area contributed by atoms with Gasteiger partial charge in [0, 0.05) is 25.0 Å². The molecule has 4 nitrogen and oxygen atoms in total. The van der Waals surface area contributed by atoms with Crippen LogP contribution in [-0.4, -0.2) is 28.2 Å². The Hall–Kier alpha value is -1.59. The summed E-state index contributed by atoms with van der Waals surface area (Å²) in [6.45, 7) is 2.12. The van der Waals surface area contributed by atoms with Gasteiger partial charge in [0.1, 0.15) is 4.88 Å².